The molecule has 0 aliphatic carbocycles. The van der Waals surface area contributed by atoms with E-state index >= 15 is 0 Å². The Morgan fingerprint density at radius 1 is 1.30 bits per heavy atom. The van der Waals surface area contributed by atoms with Crippen molar-refractivity contribution in [3.8, 4) is 0 Å². The molecule has 1 unspecified atom stereocenters. The topological polar surface area (TPSA) is 94.8 Å². The number of hydrogen-bond donors (Lipinski definition) is 3. The largest absolute Gasteiger partial charge is 0.481 e. The van der Waals surface area contributed by atoms with Crippen LogP contribution in [0.2, 0.25) is 0 Å². The summed E-state index contributed by atoms with van der Waals surface area (Å²) in [6, 6.07) is 0. The molecule has 0 aliphatic rings. The van der Waals surface area contributed by atoms with Gasteiger partial charge >= 0.3 is 11.9 Å². The number of carbonyl (C=O) groups is 2. The zero-order chi connectivity index (χ0) is 8.15. The van der Waals surface area contributed by atoms with Gasteiger partial charge in [0.05, 0.1) is 0 Å². The Hall–Kier alpha value is -1.10. The summed E-state index contributed by atoms with van der Waals surface area (Å²) in [6.45, 7) is 0. The summed E-state index contributed by atoms with van der Waals surface area (Å²) < 4.78 is 0. The van der Waals surface area contributed by atoms with E-state index in [0.29, 0.717) is 0 Å². The summed E-state index contributed by atoms with van der Waals surface area (Å²) in [4.78, 5) is 19.7. The molecule has 0 spiro atoms. The monoisotopic (exact) mass is 153 g/mol. The average molecular weight is 153 g/mol. The van der Waals surface area contributed by atoms with Crippen LogP contribution in [0.1, 0.15) is 12.8 Å². The van der Waals surface area contributed by atoms with Gasteiger partial charge in [0.15, 0.2) is 6.10 Å². The van der Waals surface area contributed by atoms with Crippen molar-refractivity contribution in [1.82, 2.24) is 0 Å². The number of aliphatic hydroxyl groups excluding tert-OH is 1. The summed E-state index contributed by atoms with van der Waals surface area (Å²) in [5.41, 5.74) is 0. The van der Waals surface area contributed by atoms with Crippen LogP contribution in [0.4, 0.5) is 0 Å². The first kappa shape index (κ1) is 8.90. The van der Waals surface area contributed by atoms with Gasteiger partial charge in [0.25, 0.3) is 0 Å². The summed E-state index contributed by atoms with van der Waals surface area (Å²) in [7, 11) is 0. The summed E-state index contributed by atoms with van der Waals surface area (Å²) in [5, 5.41) is 24.6. The molecule has 58 valence electrons. The van der Waals surface area contributed by atoms with Crippen molar-refractivity contribution in [1.29, 1.82) is 0 Å². The molecular formula is C5H8O5. The number of carboxylic acids is 2. The Labute approximate surface area is 56.9 Å². The standard InChI is InChI=1S/C5H8O5/c6-3(5(9)10)1-2-4(7)8/h3,6H,1-2H2,(H,7,8)(H,9,10)/i1+1,2+1,3+1,4+1,5+1. The lowest BCUT2D eigenvalue weighted by Gasteiger charge is -2.00. The van der Waals surface area contributed by atoms with Crippen LogP contribution in [0.25, 0.3) is 0 Å². The van der Waals surface area contributed by atoms with E-state index in [1.54, 1.807) is 0 Å². The van der Waals surface area contributed by atoms with Gasteiger partial charge in [0.1, 0.15) is 0 Å². The molecule has 10 heavy (non-hydrogen) atoms. The molecule has 3 N–H and O–H groups in total. The molecule has 0 heterocycles. The highest BCUT2D eigenvalue weighted by atomic mass is 16.5. The highest BCUT2D eigenvalue weighted by Crippen LogP contribution is 1.95. The maximum Gasteiger partial charge on any atom is 0.332 e. The highest BCUT2D eigenvalue weighted by Gasteiger charge is 2.13. The number of carboxylic acid groups (broad SMARTS) is 2. The molecule has 0 fully saturated rings. The van der Waals surface area contributed by atoms with Gasteiger partial charge in [-0.2, -0.15) is 0 Å². The fraction of sp³-hybridized carbons (Fsp3) is 0.600. The van der Waals surface area contributed by atoms with E-state index in [0.717, 1.165) is 0 Å². The molecule has 0 saturated heterocycles. The smallest absolute Gasteiger partial charge is 0.332 e. The molecule has 0 rings (SSSR count). The molecule has 5 nitrogen and oxygen atoms in total. The number of aliphatic hydroxyl groups is 1. The minimum absolute atomic E-state index is 0.245. The van der Waals surface area contributed by atoms with Crippen molar-refractivity contribution in [2.24, 2.45) is 0 Å². The minimum atomic E-state index is -1.56. The van der Waals surface area contributed by atoms with Gasteiger partial charge in [0, 0.05) is 6.42 Å². The van der Waals surface area contributed by atoms with Gasteiger partial charge in [-0.1, -0.05) is 0 Å². The third kappa shape index (κ3) is 3.85. The van der Waals surface area contributed by atoms with Crippen molar-refractivity contribution in [2.45, 2.75) is 18.9 Å². The van der Waals surface area contributed by atoms with Crippen LogP contribution in [0.3, 0.4) is 0 Å². The Morgan fingerprint density at radius 3 is 2.10 bits per heavy atom. The highest BCUT2D eigenvalue weighted by molar-refractivity contribution is 5.73. The Balaban J connectivity index is 3.49. The molecule has 1 atom stereocenters. The van der Waals surface area contributed by atoms with E-state index in [1.807, 2.05) is 0 Å². The van der Waals surface area contributed by atoms with Gasteiger partial charge in [-0.3, -0.25) is 4.79 Å². The van der Waals surface area contributed by atoms with E-state index in [9.17, 15) is 9.59 Å². The SMILES string of the molecule is O=[13C](O)[13CH2][13CH2][13CH](O)[13C](=O)O. The zero-order valence-corrected chi connectivity index (χ0v) is 5.15. The van der Waals surface area contributed by atoms with Gasteiger partial charge < -0.3 is 15.3 Å². The first-order chi connectivity index (χ1) is 4.54. The molecular weight excluding hydrogens is 145 g/mol. The van der Waals surface area contributed by atoms with E-state index in [2.05, 4.69) is 0 Å². The summed E-state index contributed by atoms with van der Waals surface area (Å²) >= 11 is 0. The number of aliphatic carboxylic acids is 2. The lowest BCUT2D eigenvalue weighted by Crippen LogP contribution is -2.20. The normalized spacial score (nSPS) is 12.5. The minimum Gasteiger partial charge on any atom is -0.481 e. The van der Waals surface area contributed by atoms with Crippen molar-refractivity contribution in [3.05, 3.63) is 0 Å². The molecule has 0 radical (unpaired) electrons. The lowest BCUT2D eigenvalue weighted by atomic mass is 11.2. The fourth-order valence-electron chi connectivity index (χ4n) is 0.384. The van der Waals surface area contributed by atoms with E-state index in [1.165, 1.54) is 0 Å². The Kier molecular flexibility index (Phi) is 3.42. The van der Waals surface area contributed by atoms with E-state index in [4.69, 9.17) is 15.3 Å². The molecule has 0 amide bonds. The first-order valence-electron chi connectivity index (χ1n) is 2.66. The van der Waals surface area contributed by atoms with Crippen LogP contribution in [-0.4, -0.2) is 33.4 Å². The Bertz CT molecular complexity index is 141. The summed E-state index contributed by atoms with van der Waals surface area (Å²) in [5.74, 6) is -2.50. The van der Waals surface area contributed by atoms with Crippen molar-refractivity contribution in [2.75, 3.05) is 0 Å². The molecule has 0 aromatic heterocycles. The third-order valence-corrected chi connectivity index (χ3v) is 0.917. The lowest BCUT2D eigenvalue weighted by molar-refractivity contribution is -0.147. The van der Waals surface area contributed by atoms with Gasteiger partial charge in [-0.05, 0) is 6.42 Å². The summed E-state index contributed by atoms with van der Waals surface area (Å²) in [6.07, 6.45) is -2.13. The van der Waals surface area contributed by atoms with Crippen molar-refractivity contribution < 1.29 is 24.9 Å². The third-order valence-electron chi connectivity index (χ3n) is 0.917. The Morgan fingerprint density at radius 2 is 1.80 bits per heavy atom. The second-order valence-electron chi connectivity index (χ2n) is 1.79. The molecule has 5 heteroatoms. The van der Waals surface area contributed by atoms with Crippen molar-refractivity contribution >= 4 is 11.9 Å². The number of rotatable bonds is 4. The maximum atomic E-state index is 9.87. The van der Waals surface area contributed by atoms with Crippen LogP contribution in [0, 0.1) is 0 Å². The molecule has 0 bridgehead atoms. The van der Waals surface area contributed by atoms with Gasteiger partial charge in [0.2, 0.25) is 0 Å². The fourth-order valence-corrected chi connectivity index (χ4v) is 0.384. The predicted octanol–water partition coefficient (Wildman–Crippen LogP) is -0.703. The number of hydrogen-bond acceptors (Lipinski definition) is 3. The second-order valence-corrected chi connectivity index (χ2v) is 1.79. The van der Waals surface area contributed by atoms with E-state index in [-0.39, 0.29) is 12.8 Å². The first-order valence-corrected chi connectivity index (χ1v) is 2.66. The van der Waals surface area contributed by atoms with Crippen LogP contribution in [-0.2, 0) is 9.59 Å². The van der Waals surface area contributed by atoms with Gasteiger partial charge in [-0.25, -0.2) is 4.79 Å². The molecule has 0 aliphatic heterocycles. The van der Waals surface area contributed by atoms with Gasteiger partial charge in [-0.15, -0.1) is 0 Å². The van der Waals surface area contributed by atoms with Crippen LogP contribution in [0.5, 0.6) is 0 Å². The second kappa shape index (κ2) is 3.84. The molecule has 0 aromatic rings. The maximum absolute atomic E-state index is 9.87. The molecule has 0 saturated carbocycles. The van der Waals surface area contributed by atoms with E-state index < -0.39 is 18.0 Å². The van der Waals surface area contributed by atoms with Crippen LogP contribution >= 0.6 is 0 Å². The zero-order valence-electron chi connectivity index (χ0n) is 5.15. The van der Waals surface area contributed by atoms with Crippen LogP contribution < -0.4 is 0 Å². The molecule has 0 aromatic carbocycles. The quantitative estimate of drug-likeness (QED) is 0.464. The van der Waals surface area contributed by atoms with Crippen molar-refractivity contribution in [3.63, 3.8) is 0 Å². The average Bonchev–Trinajstić information content (AvgIpc) is 1.82. The predicted molar refractivity (Wildman–Crippen MR) is 30.5 cm³/mol. The van der Waals surface area contributed by atoms with Crippen LogP contribution in [0.15, 0.2) is 0 Å².